The number of carbonyl (C=O) groups is 1. The highest BCUT2D eigenvalue weighted by Gasteiger charge is 2.09. The standard InChI is InChI=1S/C16H20N2O2S/c1-11(8-13-6-7-21-10-13)17-15-9-14(18-12(2)19)4-5-16(15)20-3/h4-7,9-11,17H,8H2,1-3H3,(H,18,19). The lowest BCUT2D eigenvalue weighted by Crippen LogP contribution is -2.18. The molecule has 0 spiro atoms. The van der Waals surface area contributed by atoms with Gasteiger partial charge in [0.05, 0.1) is 12.8 Å². The molecule has 1 aromatic heterocycles. The summed E-state index contributed by atoms with van der Waals surface area (Å²) in [5.74, 6) is 0.679. The van der Waals surface area contributed by atoms with Crippen molar-refractivity contribution < 1.29 is 9.53 Å². The summed E-state index contributed by atoms with van der Waals surface area (Å²) >= 11 is 1.70. The Morgan fingerprint density at radius 2 is 2.19 bits per heavy atom. The molecule has 1 atom stereocenters. The fourth-order valence-corrected chi connectivity index (χ4v) is 2.86. The Morgan fingerprint density at radius 1 is 1.38 bits per heavy atom. The number of rotatable bonds is 6. The normalized spacial score (nSPS) is 11.8. The van der Waals surface area contributed by atoms with Crippen LogP contribution in [0.15, 0.2) is 35.0 Å². The van der Waals surface area contributed by atoms with Crippen molar-refractivity contribution in [1.82, 2.24) is 0 Å². The third-order valence-electron chi connectivity index (χ3n) is 3.04. The van der Waals surface area contributed by atoms with Crippen molar-refractivity contribution in [2.45, 2.75) is 26.3 Å². The SMILES string of the molecule is COc1ccc(NC(C)=O)cc1NC(C)Cc1ccsc1. The van der Waals surface area contributed by atoms with Crippen LogP contribution in [0.1, 0.15) is 19.4 Å². The van der Waals surface area contributed by atoms with Crippen LogP contribution in [0.5, 0.6) is 5.75 Å². The summed E-state index contributed by atoms with van der Waals surface area (Å²) in [6.07, 6.45) is 0.941. The van der Waals surface area contributed by atoms with Crippen LogP contribution in [-0.4, -0.2) is 19.1 Å². The van der Waals surface area contributed by atoms with Gasteiger partial charge < -0.3 is 15.4 Å². The Morgan fingerprint density at radius 3 is 2.81 bits per heavy atom. The molecule has 1 aromatic carbocycles. The molecule has 1 unspecified atom stereocenters. The van der Waals surface area contributed by atoms with Crippen LogP contribution in [0.4, 0.5) is 11.4 Å². The fraction of sp³-hybridized carbons (Fsp3) is 0.312. The Bertz CT molecular complexity index is 596. The van der Waals surface area contributed by atoms with Crippen LogP contribution < -0.4 is 15.4 Å². The minimum absolute atomic E-state index is 0.0857. The largest absolute Gasteiger partial charge is 0.495 e. The van der Waals surface area contributed by atoms with Crippen LogP contribution >= 0.6 is 11.3 Å². The Balaban J connectivity index is 2.10. The lowest BCUT2D eigenvalue weighted by atomic mass is 10.1. The molecule has 2 aromatic rings. The molecule has 0 saturated heterocycles. The quantitative estimate of drug-likeness (QED) is 0.854. The molecule has 21 heavy (non-hydrogen) atoms. The van der Waals surface area contributed by atoms with Gasteiger partial charge in [-0.25, -0.2) is 0 Å². The highest BCUT2D eigenvalue weighted by molar-refractivity contribution is 7.07. The van der Waals surface area contributed by atoms with E-state index in [0.717, 1.165) is 23.5 Å². The number of hydrogen-bond acceptors (Lipinski definition) is 4. The predicted octanol–water partition coefficient (Wildman–Crippen LogP) is 3.76. The van der Waals surface area contributed by atoms with Crippen LogP contribution in [-0.2, 0) is 11.2 Å². The summed E-state index contributed by atoms with van der Waals surface area (Å²) in [7, 11) is 1.64. The van der Waals surface area contributed by atoms with Crippen LogP contribution in [0.3, 0.4) is 0 Å². The zero-order chi connectivity index (χ0) is 15.2. The molecule has 0 fully saturated rings. The van der Waals surface area contributed by atoms with Crippen LogP contribution in [0, 0.1) is 0 Å². The van der Waals surface area contributed by atoms with E-state index in [2.05, 4.69) is 34.4 Å². The summed E-state index contributed by atoms with van der Waals surface area (Å²) in [6.45, 7) is 3.62. The van der Waals surface area contributed by atoms with Gasteiger partial charge in [-0.15, -0.1) is 0 Å². The van der Waals surface area contributed by atoms with Gasteiger partial charge in [-0.3, -0.25) is 4.79 Å². The second kappa shape index (κ2) is 7.13. The second-order valence-electron chi connectivity index (χ2n) is 4.98. The first-order chi connectivity index (χ1) is 10.1. The van der Waals surface area contributed by atoms with Crippen LogP contribution in [0.25, 0.3) is 0 Å². The molecular formula is C16H20N2O2S. The topological polar surface area (TPSA) is 50.4 Å². The van der Waals surface area contributed by atoms with Gasteiger partial charge in [0.1, 0.15) is 5.75 Å². The molecule has 0 aliphatic heterocycles. The molecule has 1 amide bonds. The maximum atomic E-state index is 11.2. The van der Waals surface area contributed by atoms with Gasteiger partial charge in [-0.1, -0.05) is 0 Å². The van der Waals surface area contributed by atoms with Crippen molar-refractivity contribution in [2.75, 3.05) is 17.7 Å². The molecular weight excluding hydrogens is 284 g/mol. The average molecular weight is 304 g/mol. The summed E-state index contributed by atoms with van der Waals surface area (Å²) < 4.78 is 5.37. The number of nitrogens with one attached hydrogen (secondary N) is 2. The minimum Gasteiger partial charge on any atom is -0.495 e. The van der Waals surface area contributed by atoms with Gasteiger partial charge in [0.2, 0.25) is 5.91 Å². The van der Waals surface area contributed by atoms with E-state index < -0.39 is 0 Å². The average Bonchev–Trinajstić information content (AvgIpc) is 2.91. The molecule has 112 valence electrons. The van der Waals surface area contributed by atoms with Crippen molar-refractivity contribution in [3.63, 3.8) is 0 Å². The Kier molecular flexibility index (Phi) is 5.22. The molecule has 0 radical (unpaired) electrons. The van der Waals surface area contributed by atoms with E-state index in [1.807, 2.05) is 18.2 Å². The first-order valence-corrected chi connectivity index (χ1v) is 7.76. The highest BCUT2D eigenvalue weighted by Crippen LogP contribution is 2.29. The Hall–Kier alpha value is -2.01. The van der Waals surface area contributed by atoms with Crippen LogP contribution in [0.2, 0.25) is 0 Å². The monoisotopic (exact) mass is 304 g/mol. The molecule has 0 bridgehead atoms. The summed E-state index contributed by atoms with van der Waals surface area (Å²) in [5, 5.41) is 10.5. The minimum atomic E-state index is -0.0857. The number of amides is 1. The van der Waals surface area contributed by atoms with Crippen molar-refractivity contribution >= 4 is 28.6 Å². The van der Waals surface area contributed by atoms with Gasteiger partial charge in [0.25, 0.3) is 0 Å². The zero-order valence-corrected chi connectivity index (χ0v) is 13.3. The maximum absolute atomic E-state index is 11.2. The smallest absolute Gasteiger partial charge is 0.221 e. The lowest BCUT2D eigenvalue weighted by Gasteiger charge is -2.18. The van der Waals surface area contributed by atoms with E-state index >= 15 is 0 Å². The first-order valence-electron chi connectivity index (χ1n) is 6.81. The lowest BCUT2D eigenvalue weighted by molar-refractivity contribution is -0.114. The number of thiophene rings is 1. The molecule has 2 rings (SSSR count). The molecule has 0 aliphatic rings. The third-order valence-corrected chi connectivity index (χ3v) is 3.78. The number of carbonyl (C=O) groups excluding carboxylic acids is 1. The van der Waals surface area contributed by atoms with E-state index in [-0.39, 0.29) is 11.9 Å². The molecule has 4 nitrogen and oxygen atoms in total. The zero-order valence-electron chi connectivity index (χ0n) is 12.5. The van der Waals surface area contributed by atoms with E-state index in [1.54, 1.807) is 18.4 Å². The van der Waals surface area contributed by atoms with Crippen molar-refractivity contribution in [3.8, 4) is 5.75 Å². The van der Waals surface area contributed by atoms with E-state index in [9.17, 15) is 4.79 Å². The molecule has 0 saturated carbocycles. The van der Waals surface area contributed by atoms with E-state index in [0.29, 0.717) is 0 Å². The number of benzene rings is 1. The highest BCUT2D eigenvalue weighted by atomic mass is 32.1. The van der Waals surface area contributed by atoms with Gasteiger partial charge in [0.15, 0.2) is 0 Å². The summed E-state index contributed by atoms with van der Waals surface area (Å²) in [6, 6.07) is 7.97. The number of anilines is 2. The fourth-order valence-electron chi connectivity index (χ4n) is 2.18. The Labute approximate surface area is 129 Å². The number of ether oxygens (including phenoxy) is 1. The summed E-state index contributed by atoms with van der Waals surface area (Å²) in [4.78, 5) is 11.2. The predicted molar refractivity (Wildman–Crippen MR) is 88.4 cm³/mol. The van der Waals surface area contributed by atoms with Crippen molar-refractivity contribution in [2.24, 2.45) is 0 Å². The molecule has 1 heterocycles. The number of methoxy groups -OCH3 is 1. The van der Waals surface area contributed by atoms with E-state index in [4.69, 9.17) is 4.74 Å². The van der Waals surface area contributed by atoms with Crippen molar-refractivity contribution in [3.05, 3.63) is 40.6 Å². The second-order valence-corrected chi connectivity index (χ2v) is 5.76. The van der Waals surface area contributed by atoms with Gasteiger partial charge in [0, 0.05) is 18.7 Å². The maximum Gasteiger partial charge on any atom is 0.221 e. The number of hydrogen-bond donors (Lipinski definition) is 2. The third kappa shape index (κ3) is 4.49. The molecule has 0 aliphatic carbocycles. The molecule has 5 heteroatoms. The summed E-state index contributed by atoms with van der Waals surface area (Å²) in [5.41, 5.74) is 2.96. The van der Waals surface area contributed by atoms with Crippen molar-refractivity contribution in [1.29, 1.82) is 0 Å². The van der Waals surface area contributed by atoms with Gasteiger partial charge in [-0.2, -0.15) is 11.3 Å². The van der Waals surface area contributed by atoms with E-state index in [1.165, 1.54) is 12.5 Å². The molecule has 2 N–H and O–H groups in total. The first kappa shape index (κ1) is 15.4. The van der Waals surface area contributed by atoms with Gasteiger partial charge in [-0.05, 0) is 53.9 Å². The van der Waals surface area contributed by atoms with Gasteiger partial charge >= 0.3 is 0 Å².